The zero-order valence-corrected chi connectivity index (χ0v) is 10.3. The van der Waals surface area contributed by atoms with Crippen molar-refractivity contribution in [2.45, 2.75) is 39.3 Å². The SMILES string of the molecule is CNc1ncc(C)c(NC(C)CC(C)O)n1. The summed E-state index contributed by atoms with van der Waals surface area (Å²) < 4.78 is 0. The Labute approximate surface area is 96.3 Å². The van der Waals surface area contributed by atoms with E-state index in [-0.39, 0.29) is 12.1 Å². The van der Waals surface area contributed by atoms with Crippen LogP contribution in [0.2, 0.25) is 0 Å². The topological polar surface area (TPSA) is 70.1 Å². The molecule has 3 N–H and O–H groups in total. The number of nitrogens with one attached hydrogen (secondary N) is 2. The second-order valence-electron chi connectivity index (χ2n) is 4.11. The van der Waals surface area contributed by atoms with Gasteiger partial charge in [0.1, 0.15) is 5.82 Å². The molecule has 0 aromatic carbocycles. The summed E-state index contributed by atoms with van der Waals surface area (Å²) in [6, 6.07) is 0.179. The highest BCUT2D eigenvalue weighted by molar-refractivity contribution is 5.46. The summed E-state index contributed by atoms with van der Waals surface area (Å²) in [6.45, 7) is 5.76. The maximum atomic E-state index is 9.29. The second kappa shape index (κ2) is 5.65. The summed E-state index contributed by atoms with van der Waals surface area (Å²) in [6.07, 6.45) is 2.16. The third kappa shape index (κ3) is 3.66. The second-order valence-corrected chi connectivity index (χ2v) is 4.11. The first-order valence-electron chi connectivity index (χ1n) is 5.49. The molecule has 0 fully saturated rings. The number of rotatable bonds is 5. The van der Waals surface area contributed by atoms with E-state index in [2.05, 4.69) is 20.6 Å². The lowest BCUT2D eigenvalue weighted by Crippen LogP contribution is -2.22. The Bertz CT molecular complexity index is 341. The highest BCUT2D eigenvalue weighted by Crippen LogP contribution is 2.14. The van der Waals surface area contributed by atoms with Gasteiger partial charge in [-0.1, -0.05) is 0 Å². The van der Waals surface area contributed by atoms with Gasteiger partial charge in [-0.05, 0) is 27.2 Å². The maximum absolute atomic E-state index is 9.29. The fourth-order valence-corrected chi connectivity index (χ4v) is 1.51. The molecule has 1 aromatic heterocycles. The van der Waals surface area contributed by atoms with Gasteiger partial charge in [-0.3, -0.25) is 0 Å². The number of nitrogens with zero attached hydrogens (tertiary/aromatic N) is 2. The van der Waals surface area contributed by atoms with Crippen molar-refractivity contribution in [3.8, 4) is 0 Å². The van der Waals surface area contributed by atoms with Gasteiger partial charge in [0.2, 0.25) is 5.95 Å². The fourth-order valence-electron chi connectivity index (χ4n) is 1.51. The summed E-state index contributed by atoms with van der Waals surface area (Å²) in [5.74, 6) is 1.41. The average molecular weight is 224 g/mol. The van der Waals surface area contributed by atoms with Gasteiger partial charge in [-0.15, -0.1) is 0 Å². The monoisotopic (exact) mass is 224 g/mol. The Kier molecular flexibility index (Phi) is 4.49. The van der Waals surface area contributed by atoms with Crippen LogP contribution in [-0.4, -0.2) is 34.3 Å². The first-order valence-corrected chi connectivity index (χ1v) is 5.49. The van der Waals surface area contributed by atoms with Gasteiger partial charge in [0.25, 0.3) is 0 Å². The molecule has 0 aliphatic carbocycles. The van der Waals surface area contributed by atoms with Gasteiger partial charge >= 0.3 is 0 Å². The molecule has 1 aromatic rings. The normalized spacial score (nSPS) is 14.3. The first-order chi connectivity index (χ1) is 7.52. The van der Waals surface area contributed by atoms with Crippen LogP contribution in [-0.2, 0) is 0 Å². The average Bonchev–Trinajstić information content (AvgIpc) is 2.20. The molecular weight excluding hydrogens is 204 g/mol. The molecule has 0 saturated heterocycles. The van der Waals surface area contributed by atoms with Crippen molar-refractivity contribution in [1.29, 1.82) is 0 Å². The third-order valence-electron chi connectivity index (χ3n) is 2.27. The zero-order valence-electron chi connectivity index (χ0n) is 10.3. The molecule has 0 saturated carbocycles. The smallest absolute Gasteiger partial charge is 0.224 e. The summed E-state index contributed by atoms with van der Waals surface area (Å²) in [7, 11) is 1.79. The van der Waals surface area contributed by atoms with Crippen LogP contribution >= 0.6 is 0 Å². The number of aliphatic hydroxyl groups excluding tert-OH is 1. The number of aromatic nitrogens is 2. The van der Waals surface area contributed by atoms with E-state index in [1.807, 2.05) is 13.8 Å². The van der Waals surface area contributed by atoms with Crippen LogP contribution in [0.5, 0.6) is 0 Å². The van der Waals surface area contributed by atoms with E-state index in [4.69, 9.17) is 0 Å². The van der Waals surface area contributed by atoms with Gasteiger partial charge in [0, 0.05) is 24.8 Å². The van der Waals surface area contributed by atoms with Crippen LogP contribution in [0.15, 0.2) is 6.20 Å². The van der Waals surface area contributed by atoms with Gasteiger partial charge in [-0.25, -0.2) is 4.98 Å². The molecule has 2 atom stereocenters. The Morgan fingerprint density at radius 2 is 2.12 bits per heavy atom. The predicted octanol–water partition coefficient (Wildman–Crippen LogP) is 1.40. The molecule has 0 amide bonds. The van der Waals surface area contributed by atoms with Crippen molar-refractivity contribution in [1.82, 2.24) is 9.97 Å². The Morgan fingerprint density at radius 3 is 2.69 bits per heavy atom. The Morgan fingerprint density at radius 1 is 1.44 bits per heavy atom. The molecule has 0 bridgehead atoms. The third-order valence-corrected chi connectivity index (χ3v) is 2.27. The van der Waals surface area contributed by atoms with Crippen molar-refractivity contribution in [3.63, 3.8) is 0 Å². The number of anilines is 2. The molecular formula is C11H20N4O. The van der Waals surface area contributed by atoms with E-state index in [0.29, 0.717) is 12.4 Å². The lowest BCUT2D eigenvalue weighted by atomic mass is 10.1. The van der Waals surface area contributed by atoms with E-state index in [9.17, 15) is 5.11 Å². The number of aliphatic hydroxyl groups is 1. The molecule has 1 heterocycles. The van der Waals surface area contributed by atoms with Gasteiger partial charge in [0.05, 0.1) is 6.10 Å². The number of aryl methyl sites for hydroxylation is 1. The van der Waals surface area contributed by atoms with E-state index in [0.717, 1.165) is 11.4 Å². The number of hydrogen-bond acceptors (Lipinski definition) is 5. The van der Waals surface area contributed by atoms with Crippen molar-refractivity contribution >= 4 is 11.8 Å². The first kappa shape index (κ1) is 12.7. The van der Waals surface area contributed by atoms with Crippen molar-refractivity contribution < 1.29 is 5.11 Å². The van der Waals surface area contributed by atoms with E-state index in [1.165, 1.54) is 0 Å². The molecule has 1 rings (SSSR count). The highest BCUT2D eigenvalue weighted by atomic mass is 16.3. The standard InChI is InChI=1S/C11H20N4O/c1-7-6-13-11(12-4)15-10(7)14-8(2)5-9(3)16/h6,8-9,16H,5H2,1-4H3,(H2,12,13,14,15). The highest BCUT2D eigenvalue weighted by Gasteiger charge is 2.09. The van der Waals surface area contributed by atoms with Crippen LogP contribution in [0.4, 0.5) is 11.8 Å². The van der Waals surface area contributed by atoms with Crippen LogP contribution in [0.3, 0.4) is 0 Å². The predicted molar refractivity (Wildman–Crippen MR) is 65.7 cm³/mol. The molecule has 16 heavy (non-hydrogen) atoms. The fraction of sp³-hybridized carbons (Fsp3) is 0.636. The quantitative estimate of drug-likeness (QED) is 0.705. The minimum atomic E-state index is -0.312. The van der Waals surface area contributed by atoms with E-state index in [1.54, 1.807) is 20.2 Å². The molecule has 0 aliphatic heterocycles. The van der Waals surface area contributed by atoms with Crippen LogP contribution in [0.25, 0.3) is 0 Å². The van der Waals surface area contributed by atoms with Gasteiger partial charge in [-0.2, -0.15) is 4.98 Å². The summed E-state index contributed by atoms with van der Waals surface area (Å²) in [5, 5.41) is 15.4. The summed E-state index contributed by atoms with van der Waals surface area (Å²) >= 11 is 0. The minimum Gasteiger partial charge on any atom is -0.393 e. The Balaban J connectivity index is 2.71. The van der Waals surface area contributed by atoms with Crippen molar-refractivity contribution in [3.05, 3.63) is 11.8 Å². The lowest BCUT2D eigenvalue weighted by molar-refractivity contribution is 0.179. The van der Waals surface area contributed by atoms with Gasteiger partial charge < -0.3 is 15.7 Å². The number of hydrogen-bond donors (Lipinski definition) is 3. The van der Waals surface area contributed by atoms with Crippen LogP contribution in [0.1, 0.15) is 25.8 Å². The molecule has 90 valence electrons. The molecule has 0 aliphatic rings. The molecule has 0 spiro atoms. The molecule has 2 unspecified atom stereocenters. The zero-order chi connectivity index (χ0) is 12.1. The lowest BCUT2D eigenvalue weighted by Gasteiger charge is -2.17. The van der Waals surface area contributed by atoms with Crippen LogP contribution < -0.4 is 10.6 Å². The summed E-state index contributed by atoms with van der Waals surface area (Å²) in [5.41, 5.74) is 0.997. The maximum Gasteiger partial charge on any atom is 0.224 e. The minimum absolute atomic E-state index is 0.179. The molecule has 0 radical (unpaired) electrons. The van der Waals surface area contributed by atoms with E-state index < -0.39 is 0 Å². The Hall–Kier alpha value is -1.36. The largest absolute Gasteiger partial charge is 0.393 e. The van der Waals surface area contributed by atoms with Crippen LogP contribution in [0, 0.1) is 6.92 Å². The van der Waals surface area contributed by atoms with Crippen molar-refractivity contribution in [2.24, 2.45) is 0 Å². The molecule has 5 nitrogen and oxygen atoms in total. The van der Waals surface area contributed by atoms with Gasteiger partial charge in [0.15, 0.2) is 0 Å². The molecule has 5 heteroatoms. The van der Waals surface area contributed by atoms with Crippen molar-refractivity contribution in [2.75, 3.05) is 17.7 Å². The summed E-state index contributed by atoms with van der Waals surface area (Å²) in [4.78, 5) is 8.44. The van der Waals surface area contributed by atoms with E-state index >= 15 is 0 Å².